The van der Waals surface area contributed by atoms with Crippen LogP contribution in [0.15, 0.2) is 48.5 Å². The van der Waals surface area contributed by atoms with Crippen LogP contribution in [0.1, 0.15) is 13.8 Å². The van der Waals surface area contributed by atoms with E-state index in [9.17, 15) is 4.79 Å². The minimum absolute atomic E-state index is 0.0622. The molecule has 3 nitrogen and oxygen atoms in total. The topological polar surface area (TPSA) is 46.5 Å². The molecule has 0 amide bonds. The van der Waals surface area contributed by atoms with E-state index in [-0.39, 0.29) is 6.61 Å². The van der Waals surface area contributed by atoms with E-state index in [2.05, 4.69) is 0 Å². The van der Waals surface area contributed by atoms with Crippen LogP contribution in [-0.4, -0.2) is 17.7 Å². The molecule has 4 heteroatoms. The van der Waals surface area contributed by atoms with Gasteiger partial charge in [0.25, 0.3) is 0 Å². The molecule has 0 aromatic heterocycles. The third-order valence-electron chi connectivity index (χ3n) is 3.21. The van der Waals surface area contributed by atoms with Crippen LogP contribution in [0, 0.1) is 5.41 Å². The van der Waals surface area contributed by atoms with E-state index in [0.717, 1.165) is 11.1 Å². The summed E-state index contributed by atoms with van der Waals surface area (Å²) in [5, 5.41) is 9.54. The Morgan fingerprint density at radius 2 is 1.81 bits per heavy atom. The van der Waals surface area contributed by atoms with Crippen molar-refractivity contribution in [1.82, 2.24) is 0 Å². The Morgan fingerprint density at radius 3 is 2.38 bits per heavy atom. The van der Waals surface area contributed by atoms with Crippen LogP contribution >= 0.6 is 11.6 Å². The molecular weight excluding hydrogens is 288 g/mol. The van der Waals surface area contributed by atoms with Gasteiger partial charge >= 0.3 is 5.97 Å². The summed E-state index contributed by atoms with van der Waals surface area (Å²) in [5.74, 6) is -0.412. The zero-order valence-electron chi connectivity index (χ0n) is 12.0. The fraction of sp³-hybridized carbons (Fsp3) is 0.235. The normalized spacial score (nSPS) is 11.2. The maximum atomic E-state index is 11.1. The van der Waals surface area contributed by atoms with Crippen molar-refractivity contribution in [2.24, 2.45) is 5.41 Å². The molecule has 2 aromatic carbocycles. The van der Waals surface area contributed by atoms with Crippen molar-refractivity contribution in [3.05, 3.63) is 53.6 Å². The monoisotopic (exact) mass is 304 g/mol. The highest BCUT2D eigenvalue weighted by Crippen LogP contribution is 2.31. The van der Waals surface area contributed by atoms with Gasteiger partial charge in [-0.3, -0.25) is 4.79 Å². The van der Waals surface area contributed by atoms with E-state index < -0.39 is 11.4 Å². The molecule has 0 saturated heterocycles. The fourth-order valence-electron chi connectivity index (χ4n) is 1.75. The van der Waals surface area contributed by atoms with Crippen molar-refractivity contribution in [2.45, 2.75) is 13.8 Å². The van der Waals surface area contributed by atoms with Gasteiger partial charge in [-0.15, -0.1) is 0 Å². The summed E-state index contributed by atoms with van der Waals surface area (Å²) in [7, 11) is 0. The zero-order valence-corrected chi connectivity index (χ0v) is 12.7. The highest BCUT2D eigenvalue weighted by atomic mass is 35.5. The van der Waals surface area contributed by atoms with Crippen molar-refractivity contribution < 1.29 is 14.6 Å². The van der Waals surface area contributed by atoms with Gasteiger partial charge in [0, 0.05) is 0 Å². The smallest absolute Gasteiger partial charge is 0.312 e. The predicted molar refractivity (Wildman–Crippen MR) is 83.8 cm³/mol. The van der Waals surface area contributed by atoms with E-state index in [1.54, 1.807) is 19.9 Å². The molecule has 0 unspecified atom stereocenters. The number of carboxylic acid groups (broad SMARTS) is 1. The van der Waals surface area contributed by atoms with Gasteiger partial charge in [0.05, 0.1) is 10.4 Å². The van der Waals surface area contributed by atoms with Gasteiger partial charge in [0.2, 0.25) is 0 Å². The lowest BCUT2D eigenvalue weighted by Gasteiger charge is -2.20. The minimum atomic E-state index is -0.957. The third-order valence-corrected chi connectivity index (χ3v) is 3.50. The average molecular weight is 305 g/mol. The Kier molecular flexibility index (Phi) is 4.53. The van der Waals surface area contributed by atoms with E-state index >= 15 is 0 Å². The number of aliphatic carboxylic acids is 1. The van der Waals surface area contributed by atoms with Crippen molar-refractivity contribution in [2.75, 3.05) is 6.61 Å². The Labute approximate surface area is 129 Å². The van der Waals surface area contributed by atoms with Gasteiger partial charge in [-0.05, 0) is 37.1 Å². The average Bonchev–Trinajstić information content (AvgIpc) is 2.46. The summed E-state index contributed by atoms with van der Waals surface area (Å²) in [6.45, 7) is 3.29. The van der Waals surface area contributed by atoms with Crippen LogP contribution in [-0.2, 0) is 4.79 Å². The molecule has 21 heavy (non-hydrogen) atoms. The third kappa shape index (κ3) is 3.76. The lowest BCUT2D eigenvalue weighted by Crippen LogP contribution is -2.30. The van der Waals surface area contributed by atoms with Crippen molar-refractivity contribution in [1.29, 1.82) is 0 Å². The second-order valence-corrected chi connectivity index (χ2v) is 5.90. The lowest BCUT2D eigenvalue weighted by molar-refractivity contribution is -0.148. The molecule has 0 fully saturated rings. The maximum Gasteiger partial charge on any atom is 0.312 e. The molecule has 0 aliphatic rings. The molecular formula is C17H17ClO3. The minimum Gasteiger partial charge on any atom is -0.491 e. The maximum absolute atomic E-state index is 11.1. The van der Waals surface area contributed by atoms with Gasteiger partial charge in [-0.1, -0.05) is 48.0 Å². The summed E-state index contributed by atoms with van der Waals surface area (Å²) in [6, 6.07) is 15.4. The fourth-order valence-corrected chi connectivity index (χ4v) is 1.98. The van der Waals surface area contributed by atoms with Crippen LogP contribution in [0.3, 0.4) is 0 Å². The Hall–Kier alpha value is -2.00. The molecule has 0 atom stereocenters. The molecule has 2 aromatic rings. The number of carbonyl (C=O) groups is 1. The standard InChI is InChI=1S/C17H17ClO3/c1-17(2,16(19)20)11-21-15-9-8-13(10-14(15)18)12-6-4-3-5-7-12/h3-10H,11H2,1-2H3,(H,19,20). The highest BCUT2D eigenvalue weighted by Gasteiger charge is 2.28. The zero-order chi connectivity index (χ0) is 15.5. The van der Waals surface area contributed by atoms with Gasteiger partial charge in [-0.2, -0.15) is 0 Å². The number of hydrogen-bond acceptors (Lipinski definition) is 2. The summed E-state index contributed by atoms with van der Waals surface area (Å²) < 4.78 is 5.54. The second-order valence-electron chi connectivity index (χ2n) is 5.49. The molecule has 0 radical (unpaired) electrons. The van der Waals surface area contributed by atoms with E-state index in [4.69, 9.17) is 21.4 Å². The lowest BCUT2D eigenvalue weighted by atomic mass is 9.95. The molecule has 0 aliphatic heterocycles. The van der Waals surface area contributed by atoms with E-state index in [0.29, 0.717) is 10.8 Å². The van der Waals surface area contributed by atoms with Gasteiger partial charge in [0.15, 0.2) is 0 Å². The molecule has 2 rings (SSSR count). The van der Waals surface area contributed by atoms with Crippen LogP contribution in [0.2, 0.25) is 5.02 Å². The quantitative estimate of drug-likeness (QED) is 0.885. The number of benzene rings is 2. The molecule has 0 heterocycles. The van der Waals surface area contributed by atoms with Crippen LogP contribution in [0.4, 0.5) is 0 Å². The number of rotatable bonds is 5. The first kappa shape index (κ1) is 15.4. The number of hydrogen-bond donors (Lipinski definition) is 1. The first-order chi connectivity index (χ1) is 9.90. The summed E-state index contributed by atoms with van der Waals surface area (Å²) >= 11 is 6.22. The Balaban J connectivity index is 2.15. The highest BCUT2D eigenvalue weighted by molar-refractivity contribution is 6.32. The molecule has 1 N–H and O–H groups in total. The van der Waals surface area contributed by atoms with E-state index in [1.165, 1.54) is 0 Å². The number of ether oxygens (including phenoxy) is 1. The number of halogens is 1. The Morgan fingerprint density at radius 1 is 1.14 bits per heavy atom. The summed E-state index contributed by atoms with van der Waals surface area (Å²) in [4.78, 5) is 11.1. The SMILES string of the molecule is CC(C)(COc1ccc(-c2ccccc2)cc1Cl)C(=O)O. The summed E-state index contributed by atoms with van der Waals surface area (Å²) in [5.41, 5.74) is 1.10. The van der Waals surface area contributed by atoms with Crippen molar-refractivity contribution in [3.63, 3.8) is 0 Å². The van der Waals surface area contributed by atoms with Gasteiger partial charge in [-0.25, -0.2) is 0 Å². The molecule has 0 spiro atoms. The van der Waals surface area contributed by atoms with Gasteiger partial charge in [0.1, 0.15) is 12.4 Å². The van der Waals surface area contributed by atoms with Crippen LogP contribution in [0.5, 0.6) is 5.75 Å². The first-order valence-corrected chi connectivity index (χ1v) is 6.99. The van der Waals surface area contributed by atoms with Crippen LogP contribution < -0.4 is 4.74 Å². The van der Waals surface area contributed by atoms with Crippen molar-refractivity contribution in [3.8, 4) is 16.9 Å². The van der Waals surface area contributed by atoms with E-state index in [1.807, 2.05) is 42.5 Å². The Bertz CT molecular complexity index is 636. The predicted octanol–water partition coefficient (Wildman–Crippen LogP) is 4.50. The first-order valence-electron chi connectivity index (χ1n) is 6.61. The molecule has 0 saturated carbocycles. The number of carboxylic acids is 1. The van der Waals surface area contributed by atoms with Gasteiger partial charge < -0.3 is 9.84 Å². The molecule has 110 valence electrons. The molecule has 0 aliphatic carbocycles. The largest absolute Gasteiger partial charge is 0.491 e. The summed E-state index contributed by atoms with van der Waals surface area (Å²) in [6.07, 6.45) is 0. The van der Waals surface area contributed by atoms with Crippen molar-refractivity contribution >= 4 is 17.6 Å². The van der Waals surface area contributed by atoms with Crippen LogP contribution in [0.25, 0.3) is 11.1 Å². The second kappa shape index (κ2) is 6.19. The molecule has 0 bridgehead atoms.